The largest absolute Gasteiger partial charge is 0.480 e. The zero-order chi connectivity index (χ0) is 22.2. The summed E-state index contributed by atoms with van der Waals surface area (Å²) in [6.07, 6.45) is 0.901. The van der Waals surface area contributed by atoms with Gasteiger partial charge in [0.1, 0.15) is 18.1 Å². The minimum Gasteiger partial charge on any atom is -0.480 e. The second kappa shape index (κ2) is 11.0. The first-order valence-electron chi connectivity index (χ1n) is 9.64. The quantitative estimate of drug-likeness (QED) is 0.338. The molecule has 0 aliphatic rings. The van der Waals surface area contributed by atoms with Crippen LogP contribution >= 0.6 is 0 Å². The van der Waals surface area contributed by atoms with Crippen LogP contribution in [0.1, 0.15) is 61.3 Å². The van der Waals surface area contributed by atoms with Crippen LogP contribution < -0.4 is 21.7 Å². The molecule has 9 nitrogen and oxygen atoms in total. The fourth-order valence-electron chi connectivity index (χ4n) is 2.39. The Labute approximate surface area is 167 Å². The smallest absolute Gasteiger partial charge is 0.326 e. The number of carboxylic acids is 1. The van der Waals surface area contributed by atoms with E-state index in [4.69, 9.17) is 5.73 Å². The summed E-state index contributed by atoms with van der Waals surface area (Å²) in [6.45, 7) is 11.9. The Morgan fingerprint density at radius 2 is 1.50 bits per heavy atom. The van der Waals surface area contributed by atoms with Crippen LogP contribution in [-0.2, 0) is 19.2 Å². The van der Waals surface area contributed by atoms with E-state index >= 15 is 0 Å². The van der Waals surface area contributed by atoms with Crippen molar-refractivity contribution in [2.75, 3.05) is 0 Å². The van der Waals surface area contributed by atoms with Crippen molar-refractivity contribution in [1.29, 1.82) is 0 Å². The zero-order valence-electron chi connectivity index (χ0n) is 18.0. The van der Waals surface area contributed by atoms with E-state index in [1.807, 2.05) is 27.7 Å². The molecule has 6 N–H and O–H groups in total. The van der Waals surface area contributed by atoms with Gasteiger partial charge in [-0.3, -0.25) is 14.4 Å². The highest BCUT2D eigenvalue weighted by molar-refractivity contribution is 5.94. The van der Waals surface area contributed by atoms with Gasteiger partial charge in [-0.2, -0.15) is 0 Å². The van der Waals surface area contributed by atoms with E-state index in [0.717, 1.165) is 0 Å². The van der Waals surface area contributed by atoms with Gasteiger partial charge < -0.3 is 26.8 Å². The van der Waals surface area contributed by atoms with Gasteiger partial charge in [0.25, 0.3) is 0 Å². The number of hydrogen-bond donors (Lipinski definition) is 5. The van der Waals surface area contributed by atoms with Crippen LogP contribution in [0.3, 0.4) is 0 Å². The molecule has 0 aromatic heterocycles. The van der Waals surface area contributed by atoms with Gasteiger partial charge in [-0.15, -0.1) is 0 Å². The number of nitrogens with two attached hydrogens (primary N) is 1. The molecule has 0 aliphatic carbocycles. The Morgan fingerprint density at radius 1 is 0.964 bits per heavy atom. The lowest BCUT2D eigenvalue weighted by molar-refractivity contribution is -0.142. The first-order chi connectivity index (χ1) is 12.7. The zero-order valence-corrected chi connectivity index (χ0v) is 18.0. The normalized spacial score (nSPS) is 15.9. The number of carboxylic acid groups (broad SMARTS) is 1. The highest BCUT2D eigenvalue weighted by Crippen LogP contribution is 2.10. The van der Waals surface area contributed by atoms with Gasteiger partial charge in [-0.1, -0.05) is 34.1 Å². The van der Waals surface area contributed by atoms with E-state index in [1.165, 1.54) is 20.8 Å². The molecule has 4 atom stereocenters. The summed E-state index contributed by atoms with van der Waals surface area (Å²) in [5.74, 6) is -2.84. The molecule has 9 heteroatoms. The fraction of sp³-hybridized carbons (Fsp3) is 0.789. The molecular formula is C19H36N4O5. The summed E-state index contributed by atoms with van der Waals surface area (Å²) >= 11 is 0. The van der Waals surface area contributed by atoms with E-state index in [9.17, 15) is 24.3 Å². The van der Waals surface area contributed by atoms with Crippen LogP contribution in [0, 0.1) is 11.8 Å². The van der Waals surface area contributed by atoms with Crippen molar-refractivity contribution < 1.29 is 24.3 Å². The summed E-state index contributed by atoms with van der Waals surface area (Å²) in [5.41, 5.74) is 4.63. The Kier molecular flexibility index (Phi) is 10.1. The first-order valence-corrected chi connectivity index (χ1v) is 9.64. The number of aliphatic carboxylic acids is 1. The van der Waals surface area contributed by atoms with Crippen LogP contribution in [0.25, 0.3) is 0 Å². The van der Waals surface area contributed by atoms with Gasteiger partial charge in [0.15, 0.2) is 0 Å². The molecule has 0 aromatic rings. The van der Waals surface area contributed by atoms with Gasteiger partial charge in [0, 0.05) is 0 Å². The predicted molar refractivity (Wildman–Crippen MR) is 106 cm³/mol. The van der Waals surface area contributed by atoms with Crippen LogP contribution in [-0.4, -0.2) is 52.5 Å². The predicted octanol–water partition coefficient (Wildman–Crippen LogP) is 0.375. The van der Waals surface area contributed by atoms with Crippen molar-refractivity contribution in [2.45, 2.75) is 85.0 Å². The molecule has 0 radical (unpaired) electrons. The van der Waals surface area contributed by atoms with E-state index in [1.54, 1.807) is 0 Å². The third kappa shape index (κ3) is 8.69. The number of rotatable bonds is 11. The third-order valence-electron chi connectivity index (χ3n) is 4.44. The molecule has 0 spiro atoms. The molecule has 0 saturated heterocycles. The Morgan fingerprint density at radius 3 is 1.89 bits per heavy atom. The van der Waals surface area contributed by atoms with E-state index in [-0.39, 0.29) is 18.3 Å². The SMILES string of the molecule is CC[C@H](C)[C@H](NC(=O)C(C)(C)N)C(=O)N[C@@H](C)C(=O)N[C@@H](CC(C)C)C(=O)O. The monoisotopic (exact) mass is 400 g/mol. The second-order valence-electron chi connectivity index (χ2n) is 8.32. The van der Waals surface area contributed by atoms with Crippen molar-refractivity contribution in [3.8, 4) is 0 Å². The molecule has 0 aliphatic heterocycles. The highest BCUT2D eigenvalue weighted by Gasteiger charge is 2.32. The standard InChI is InChI=1S/C19H36N4O5/c1-8-11(4)14(23-18(28)19(6,7)20)16(25)21-12(5)15(24)22-13(17(26)27)9-10(2)3/h10-14H,8-9,20H2,1-7H3,(H,21,25)(H,22,24)(H,23,28)(H,26,27)/t11-,12-,13-,14-/m0/s1. The van der Waals surface area contributed by atoms with Gasteiger partial charge in [-0.25, -0.2) is 4.79 Å². The van der Waals surface area contributed by atoms with Crippen LogP contribution in [0.5, 0.6) is 0 Å². The Bertz CT molecular complexity index is 571. The molecule has 0 heterocycles. The van der Waals surface area contributed by atoms with E-state index < -0.39 is 47.4 Å². The van der Waals surface area contributed by atoms with Crippen LogP contribution in [0.15, 0.2) is 0 Å². The van der Waals surface area contributed by atoms with Gasteiger partial charge >= 0.3 is 5.97 Å². The summed E-state index contributed by atoms with van der Waals surface area (Å²) < 4.78 is 0. The fourth-order valence-corrected chi connectivity index (χ4v) is 2.39. The maximum absolute atomic E-state index is 12.7. The highest BCUT2D eigenvalue weighted by atomic mass is 16.4. The summed E-state index contributed by atoms with van der Waals surface area (Å²) in [4.78, 5) is 48.5. The van der Waals surface area contributed by atoms with Crippen LogP contribution in [0.4, 0.5) is 0 Å². The molecule has 0 rings (SSSR count). The lowest BCUT2D eigenvalue weighted by atomic mass is 9.96. The summed E-state index contributed by atoms with van der Waals surface area (Å²) in [7, 11) is 0. The lowest BCUT2D eigenvalue weighted by Crippen LogP contribution is -2.60. The Balaban J connectivity index is 5.11. The molecule has 0 bridgehead atoms. The van der Waals surface area contributed by atoms with E-state index in [2.05, 4.69) is 16.0 Å². The average Bonchev–Trinajstić information content (AvgIpc) is 2.56. The molecule has 162 valence electrons. The van der Waals surface area contributed by atoms with Crippen molar-refractivity contribution in [3.05, 3.63) is 0 Å². The number of carbonyl (C=O) groups is 4. The minimum absolute atomic E-state index is 0.0795. The summed E-state index contributed by atoms with van der Waals surface area (Å²) in [6, 6.07) is -2.85. The van der Waals surface area contributed by atoms with Gasteiger partial charge in [-0.05, 0) is 39.0 Å². The number of hydrogen-bond acceptors (Lipinski definition) is 5. The van der Waals surface area contributed by atoms with Gasteiger partial charge in [0.05, 0.1) is 5.54 Å². The minimum atomic E-state index is -1.15. The maximum Gasteiger partial charge on any atom is 0.326 e. The first kappa shape index (κ1) is 25.8. The Hall–Kier alpha value is -2.16. The second-order valence-corrected chi connectivity index (χ2v) is 8.32. The molecule has 0 saturated carbocycles. The molecule has 0 fully saturated rings. The van der Waals surface area contributed by atoms with Crippen molar-refractivity contribution in [3.63, 3.8) is 0 Å². The molecule has 3 amide bonds. The van der Waals surface area contributed by atoms with E-state index in [0.29, 0.717) is 6.42 Å². The number of carbonyl (C=O) groups excluding carboxylic acids is 3. The number of nitrogens with one attached hydrogen (secondary N) is 3. The molecular weight excluding hydrogens is 364 g/mol. The third-order valence-corrected chi connectivity index (χ3v) is 4.44. The number of amides is 3. The topological polar surface area (TPSA) is 151 Å². The average molecular weight is 401 g/mol. The molecule has 28 heavy (non-hydrogen) atoms. The van der Waals surface area contributed by atoms with Crippen molar-refractivity contribution >= 4 is 23.7 Å². The van der Waals surface area contributed by atoms with Crippen molar-refractivity contribution in [1.82, 2.24) is 16.0 Å². The lowest BCUT2D eigenvalue weighted by Gasteiger charge is -2.28. The van der Waals surface area contributed by atoms with Gasteiger partial charge in [0.2, 0.25) is 17.7 Å². The molecule has 0 unspecified atom stereocenters. The van der Waals surface area contributed by atoms with Crippen molar-refractivity contribution in [2.24, 2.45) is 17.6 Å². The summed E-state index contributed by atoms with van der Waals surface area (Å²) in [5, 5.41) is 16.9. The maximum atomic E-state index is 12.7. The molecule has 0 aromatic carbocycles. The van der Waals surface area contributed by atoms with Crippen LogP contribution in [0.2, 0.25) is 0 Å².